The number of likely N-dealkylation sites (tertiary alicyclic amines) is 1. The third kappa shape index (κ3) is 2.86. The lowest BCUT2D eigenvalue weighted by molar-refractivity contribution is 0.0780. The summed E-state index contributed by atoms with van der Waals surface area (Å²) in [6.45, 7) is 9.62. The molecule has 2 atom stereocenters. The summed E-state index contributed by atoms with van der Waals surface area (Å²) in [4.78, 5) is 28.4. The largest absolute Gasteiger partial charge is 0.338 e. The van der Waals surface area contributed by atoms with Crippen molar-refractivity contribution in [2.75, 3.05) is 64.3 Å². The molecule has 1 aromatic heterocycles. The van der Waals surface area contributed by atoms with Gasteiger partial charge in [0.1, 0.15) is 0 Å². The number of anilines is 1. The van der Waals surface area contributed by atoms with Crippen molar-refractivity contribution in [3.63, 3.8) is 0 Å². The molecular formula is C17H26N6O. The van der Waals surface area contributed by atoms with E-state index in [1.807, 2.05) is 11.8 Å². The average Bonchev–Trinajstić information content (AvgIpc) is 3.16. The van der Waals surface area contributed by atoms with Crippen molar-refractivity contribution in [1.29, 1.82) is 0 Å². The first kappa shape index (κ1) is 15.8. The maximum absolute atomic E-state index is 12.8. The zero-order chi connectivity index (χ0) is 16.7. The Morgan fingerprint density at radius 2 is 1.83 bits per heavy atom. The zero-order valence-corrected chi connectivity index (χ0v) is 14.5. The third-order valence-corrected chi connectivity index (χ3v) is 5.66. The molecule has 0 unspecified atom stereocenters. The van der Waals surface area contributed by atoms with Crippen molar-refractivity contribution < 1.29 is 4.79 Å². The normalized spacial score (nSPS) is 27.6. The van der Waals surface area contributed by atoms with Crippen molar-refractivity contribution in [2.45, 2.75) is 6.92 Å². The molecule has 0 radical (unpaired) electrons. The van der Waals surface area contributed by atoms with E-state index in [1.54, 1.807) is 6.20 Å². The summed E-state index contributed by atoms with van der Waals surface area (Å²) in [6, 6.07) is 0. The Kier molecular flexibility index (Phi) is 4.14. The number of likely N-dealkylation sites (N-methyl/N-ethyl adjacent to an activating group) is 1. The van der Waals surface area contributed by atoms with Crippen LogP contribution in [0.1, 0.15) is 16.1 Å². The fourth-order valence-corrected chi connectivity index (χ4v) is 4.02. The van der Waals surface area contributed by atoms with E-state index in [0.717, 1.165) is 64.0 Å². The minimum Gasteiger partial charge on any atom is -0.338 e. The van der Waals surface area contributed by atoms with Gasteiger partial charge in [0.25, 0.3) is 5.91 Å². The summed E-state index contributed by atoms with van der Waals surface area (Å²) >= 11 is 0. The topological polar surface area (TPSA) is 64.6 Å². The molecule has 3 aliphatic rings. The molecule has 7 nitrogen and oxygen atoms in total. The molecule has 0 spiro atoms. The summed E-state index contributed by atoms with van der Waals surface area (Å²) in [5.74, 6) is 2.06. The average molecular weight is 330 g/mol. The summed E-state index contributed by atoms with van der Waals surface area (Å²) in [5, 5.41) is 3.41. The maximum Gasteiger partial charge on any atom is 0.257 e. The van der Waals surface area contributed by atoms with Crippen LogP contribution >= 0.6 is 0 Å². The van der Waals surface area contributed by atoms with E-state index < -0.39 is 0 Å². The number of nitrogens with one attached hydrogen (secondary N) is 1. The minimum absolute atomic E-state index is 0.0897. The number of hydrogen-bond acceptors (Lipinski definition) is 6. The van der Waals surface area contributed by atoms with Crippen molar-refractivity contribution in [3.05, 3.63) is 17.5 Å². The van der Waals surface area contributed by atoms with Gasteiger partial charge in [-0.1, -0.05) is 0 Å². The van der Waals surface area contributed by atoms with Gasteiger partial charge in [0.05, 0.1) is 11.3 Å². The van der Waals surface area contributed by atoms with Crippen molar-refractivity contribution in [2.24, 2.45) is 11.8 Å². The molecule has 130 valence electrons. The molecule has 1 aromatic rings. The van der Waals surface area contributed by atoms with Crippen molar-refractivity contribution in [3.8, 4) is 0 Å². The zero-order valence-electron chi connectivity index (χ0n) is 14.5. The van der Waals surface area contributed by atoms with Crippen LogP contribution in [0.15, 0.2) is 6.20 Å². The predicted octanol–water partition coefficient (Wildman–Crippen LogP) is -0.172. The molecule has 3 fully saturated rings. The lowest BCUT2D eigenvalue weighted by Crippen LogP contribution is -2.45. The summed E-state index contributed by atoms with van der Waals surface area (Å²) in [6.07, 6.45) is 1.73. The number of carbonyl (C=O) groups is 1. The first-order valence-corrected chi connectivity index (χ1v) is 8.89. The van der Waals surface area contributed by atoms with Crippen LogP contribution in [0, 0.1) is 18.8 Å². The fraction of sp³-hybridized carbons (Fsp3) is 0.706. The summed E-state index contributed by atoms with van der Waals surface area (Å²) in [7, 11) is 2.13. The highest BCUT2D eigenvalue weighted by Gasteiger charge is 2.38. The molecule has 0 saturated carbocycles. The molecule has 7 heteroatoms. The number of amides is 1. The van der Waals surface area contributed by atoms with E-state index in [9.17, 15) is 4.79 Å². The first-order chi connectivity index (χ1) is 11.6. The number of rotatable bonds is 2. The number of aromatic nitrogens is 2. The van der Waals surface area contributed by atoms with Crippen LogP contribution in [-0.2, 0) is 0 Å². The fourth-order valence-electron chi connectivity index (χ4n) is 4.02. The van der Waals surface area contributed by atoms with Gasteiger partial charge in [-0.15, -0.1) is 0 Å². The molecule has 4 heterocycles. The molecule has 0 aliphatic carbocycles. The first-order valence-electron chi connectivity index (χ1n) is 8.89. The number of carbonyl (C=O) groups excluding carboxylic acids is 1. The molecular weight excluding hydrogens is 304 g/mol. The van der Waals surface area contributed by atoms with Gasteiger partial charge in [0.15, 0.2) is 0 Å². The lowest BCUT2D eigenvalue weighted by atomic mass is 10.0. The number of aryl methyl sites for hydroxylation is 1. The number of fused-ring (bicyclic) bond motifs is 1. The van der Waals surface area contributed by atoms with Gasteiger partial charge in [-0.25, -0.2) is 9.97 Å². The Morgan fingerprint density at radius 3 is 2.46 bits per heavy atom. The Morgan fingerprint density at radius 1 is 1.17 bits per heavy atom. The second kappa shape index (κ2) is 6.29. The van der Waals surface area contributed by atoms with E-state index in [2.05, 4.69) is 32.1 Å². The third-order valence-electron chi connectivity index (χ3n) is 5.66. The van der Waals surface area contributed by atoms with Crippen molar-refractivity contribution >= 4 is 11.9 Å². The summed E-state index contributed by atoms with van der Waals surface area (Å²) in [5.41, 5.74) is 1.44. The lowest BCUT2D eigenvalue weighted by Gasteiger charge is -2.32. The molecule has 24 heavy (non-hydrogen) atoms. The van der Waals surface area contributed by atoms with Crippen LogP contribution in [0.2, 0.25) is 0 Å². The van der Waals surface area contributed by atoms with Crippen LogP contribution < -0.4 is 10.2 Å². The molecule has 1 amide bonds. The molecule has 1 N–H and O–H groups in total. The van der Waals surface area contributed by atoms with E-state index in [0.29, 0.717) is 17.4 Å². The Labute approximate surface area is 143 Å². The van der Waals surface area contributed by atoms with E-state index in [1.165, 1.54) is 0 Å². The van der Waals surface area contributed by atoms with Gasteiger partial charge in [-0.3, -0.25) is 4.79 Å². The van der Waals surface area contributed by atoms with Crippen LogP contribution in [0.4, 0.5) is 5.95 Å². The Bertz CT molecular complexity index is 616. The quantitative estimate of drug-likeness (QED) is 0.812. The predicted molar refractivity (Wildman–Crippen MR) is 92.2 cm³/mol. The van der Waals surface area contributed by atoms with Gasteiger partial charge in [-0.2, -0.15) is 0 Å². The second-order valence-electron chi connectivity index (χ2n) is 7.35. The highest BCUT2D eigenvalue weighted by atomic mass is 16.2. The standard InChI is InChI=1S/C17H26N6O/c1-12-15(16(24)23-10-13-7-18-8-14(13)11-23)9-19-17(20-12)22-5-3-21(2)4-6-22/h9,13-14,18H,3-8,10-11H2,1-2H3/t13-,14+. The summed E-state index contributed by atoms with van der Waals surface area (Å²) < 4.78 is 0. The molecule has 3 aliphatic heterocycles. The Hall–Kier alpha value is -1.73. The van der Waals surface area contributed by atoms with Gasteiger partial charge < -0.3 is 20.0 Å². The number of piperazine rings is 1. The van der Waals surface area contributed by atoms with Crippen LogP contribution in [-0.4, -0.2) is 85.1 Å². The van der Waals surface area contributed by atoms with Crippen molar-refractivity contribution in [1.82, 2.24) is 25.1 Å². The van der Waals surface area contributed by atoms with Crippen LogP contribution in [0.3, 0.4) is 0 Å². The van der Waals surface area contributed by atoms with E-state index in [-0.39, 0.29) is 5.91 Å². The highest BCUT2D eigenvalue weighted by Crippen LogP contribution is 2.27. The molecule has 3 saturated heterocycles. The van der Waals surface area contributed by atoms with Gasteiger partial charge in [-0.05, 0) is 25.8 Å². The number of hydrogen-bond donors (Lipinski definition) is 1. The molecule has 0 bridgehead atoms. The van der Waals surface area contributed by atoms with Crippen LogP contribution in [0.25, 0.3) is 0 Å². The van der Waals surface area contributed by atoms with Gasteiger partial charge in [0.2, 0.25) is 5.95 Å². The van der Waals surface area contributed by atoms with Gasteiger partial charge in [0, 0.05) is 58.6 Å². The maximum atomic E-state index is 12.8. The Balaban J connectivity index is 1.47. The SMILES string of the molecule is Cc1nc(N2CCN(C)CC2)ncc1C(=O)N1C[C@H]2CNC[C@H]2C1. The molecule has 4 rings (SSSR count). The highest BCUT2D eigenvalue weighted by molar-refractivity contribution is 5.95. The van der Waals surface area contributed by atoms with Crippen LogP contribution in [0.5, 0.6) is 0 Å². The van der Waals surface area contributed by atoms with E-state index in [4.69, 9.17) is 0 Å². The smallest absolute Gasteiger partial charge is 0.257 e. The van der Waals surface area contributed by atoms with Gasteiger partial charge >= 0.3 is 0 Å². The molecule has 0 aromatic carbocycles. The monoisotopic (exact) mass is 330 g/mol. The number of nitrogens with zero attached hydrogens (tertiary/aromatic N) is 5. The minimum atomic E-state index is 0.0897. The second-order valence-corrected chi connectivity index (χ2v) is 7.35. The van der Waals surface area contributed by atoms with E-state index >= 15 is 0 Å².